The first-order valence-corrected chi connectivity index (χ1v) is 9.42. The number of rotatable bonds is 2. The summed E-state index contributed by atoms with van der Waals surface area (Å²) in [4.78, 5) is 19.4. The molecule has 0 unspecified atom stereocenters. The fourth-order valence-electron chi connectivity index (χ4n) is 3.44. The topological polar surface area (TPSA) is 52.9 Å². The van der Waals surface area contributed by atoms with Gasteiger partial charge < -0.3 is 10.0 Å². The zero-order chi connectivity index (χ0) is 17.2. The molecule has 0 spiro atoms. The van der Waals surface area contributed by atoms with Gasteiger partial charge in [0.15, 0.2) is 5.17 Å². The van der Waals surface area contributed by atoms with Crippen molar-refractivity contribution in [2.75, 3.05) is 19.7 Å². The number of aliphatic hydroxyl groups is 1. The molecule has 1 atom stereocenters. The van der Waals surface area contributed by atoms with Crippen molar-refractivity contribution in [1.29, 1.82) is 0 Å². The Morgan fingerprint density at radius 2 is 2.08 bits per heavy atom. The summed E-state index contributed by atoms with van der Waals surface area (Å²) in [7, 11) is 0. The molecule has 128 valence electrons. The molecule has 0 aromatic heterocycles. The first-order chi connectivity index (χ1) is 12.2. The van der Waals surface area contributed by atoms with Crippen LogP contribution in [0.25, 0.3) is 16.8 Å². The minimum atomic E-state index is -0.168. The second kappa shape index (κ2) is 7.02. The van der Waals surface area contributed by atoms with Crippen molar-refractivity contribution in [2.24, 2.45) is 10.9 Å². The third-order valence-electron chi connectivity index (χ3n) is 4.77. The summed E-state index contributed by atoms with van der Waals surface area (Å²) in [6.45, 7) is 1.87. The molecule has 0 aliphatic carbocycles. The Balaban J connectivity index is 1.58. The van der Waals surface area contributed by atoms with Crippen molar-refractivity contribution < 1.29 is 9.90 Å². The number of benzene rings is 2. The highest BCUT2D eigenvalue weighted by Crippen LogP contribution is 2.33. The molecule has 2 aromatic carbocycles. The molecular weight excluding hydrogens is 332 g/mol. The molecule has 25 heavy (non-hydrogen) atoms. The number of aliphatic imine (C=N–C) groups is 1. The zero-order valence-corrected chi connectivity index (χ0v) is 14.7. The molecular formula is C20H20N2O2S. The van der Waals surface area contributed by atoms with Crippen molar-refractivity contribution in [2.45, 2.75) is 12.8 Å². The lowest BCUT2D eigenvalue weighted by molar-refractivity contribution is -0.113. The van der Waals surface area contributed by atoms with E-state index in [0.717, 1.165) is 47.4 Å². The Bertz CT molecular complexity index is 870. The summed E-state index contributed by atoms with van der Waals surface area (Å²) < 4.78 is 0. The number of carbonyl (C=O) groups is 1. The highest BCUT2D eigenvalue weighted by atomic mass is 32.2. The van der Waals surface area contributed by atoms with Crippen molar-refractivity contribution in [3.05, 3.63) is 52.9 Å². The van der Waals surface area contributed by atoms with Crippen molar-refractivity contribution in [3.8, 4) is 0 Å². The molecule has 5 heteroatoms. The minimum Gasteiger partial charge on any atom is -0.396 e. The standard InChI is InChI=1S/C20H20N2O2S/c23-13-14-5-4-10-22(12-14)20-21-19(24)18(25-20)11-16-8-3-7-15-6-1-2-9-17(15)16/h1-3,6-9,11,14,23H,4-5,10,12-13H2/b18-11+/t14-/m0/s1. The van der Waals surface area contributed by atoms with Crippen LogP contribution in [-0.2, 0) is 4.79 Å². The van der Waals surface area contributed by atoms with Crippen molar-refractivity contribution in [3.63, 3.8) is 0 Å². The van der Waals surface area contributed by atoms with Crippen LogP contribution in [0.4, 0.5) is 0 Å². The van der Waals surface area contributed by atoms with Gasteiger partial charge in [0, 0.05) is 19.7 Å². The number of piperidine rings is 1. The van der Waals surface area contributed by atoms with Crippen LogP contribution in [0.1, 0.15) is 18.4 Å². The summed E-state index contributed by atoms with van der Waals surface area (Å²) in [5.41, 5.74) is 1.04. The zero-order valence-electron chi connectivity index (χ0n) is 13.9. The van der Waals surface area contributed by atoms with Gasteiger partial charge in [0.2, 0.25) is 0 Å². The Morgan fingerprint density at radius 1 is 1.24 bits per heavy atom. The van der Waals surface area contributed by atoms with Gasteiger partial charge >= 0.3 is 0 Å². The number of likely N-dealkylation sites (tertiary alicyclic amines) is 1. The van der Waals surface area contributed by atoms with Crippen LogP contribution in [0.3, 0.4) is 0 Å². The molecule has 2 heterocycles. The third-order valence-corrected chi connectivity index (χ3v) is 5.81. The number of hydrogen-bond acceptors (Lipinski definition) is 4. The van der Waals surface area contributed by atoms with E-state index in [9.17, 15) is 9.90 Å². The van der Waals surface area contributed by atoms with E-state index in [0.29, 0.717) is 4.91 Å². The van der Waals surface area contributed by atoms with Gasteiger partial charge in [-0.05, 0) is 52.9 Å². The van der Waals surface area contributed by atoms with E-state index < -0.39 is 0 Å². The van der Waals surface area contributed by atoms with E-state index in [1.165, 1.54) is 11.8 Å². The number of nitrogens with zero attached hydrogens (tertiary/aromatic N) is 2. The Morgan fingerprint density at radius 3 is 2.96 bits per heavy atom. The van der Waals surface area contributed by atoms with Crippen LogP contribution in [0.5, 0.6) is 0 Å². The van der Waals surface area contributed by atoms with Gasteiger partial charge in [0.25, 0.3) is 5.91 Å². The maximum atomic E-state index is 12.4. The molecule has 4 rings (SSSR count). The van der Waals surface area contributed by atoms with Crippen molar-refractivity contribution >= 4 is 39.7 Å². The predicted molar refractivity (Wildman–Crippen MR) is 103 cm³/mol. The predicted octanol–water partition coefficient (Wildman–Crippen LogP) is 3.51. The number of thioether (sulfide) groups is 1. The highest BCUT2D eigenvalue weighted by molar-refractivity contribution is 8.18. The summed E-state index contributed by atoms with van der Waals surface area (Å²) in [6, 6.07) is 14.3. The fourth-order valence-corrected chi connectivity index (χ4v) is 4.38. The molecule has 4 nitrogen and oxygen atoms in total. The summed E-state index contributed by atoms with van der Waals surface area (Å²) in [5, 5.41) is 12.5. The molecule has 2 aromatic rings. The first-order valence-electron chi connectivity index (χ1n) is 8.61. The number of hydrogen-bond donors (Lipinski definition) is 1. The normalized spacial score (nSPS) is 22.7. The fraction of sp³-hybridized carbons (Fsp3) is 0.300. The first kappa shape index (κ1) is 16.4. The Hall–Kier alpha value is -2.11. The van der Waals surface area contributed by atoms with E-state index >= 15 is 0 Å². The van der Waals surface area contributed by atoms with Gasteiger partial charge in [0.05, 0.1) is 4.91 Å². The van der Waals surface area contributed by atoms with Crippen LogP contribution in [0.2, 0.25) is 0 Å². The summed E-state index contributed by atoms with van der Waals surface area (Å²) >= 11 is 1.45. The molecule has 1 N–H and O–H groups in total. The number of fused-ring (bicyclic) bond motifs is 1. The van der Waals surface area contributed by atoms with Crippen LogP contribution in [-0.4, -0.2) is 40.8 Å². The third kappa shape index (κ3) is 3.34. The van der Waals surface area contributed by atoms with Crippen LogP contribution >= 0.6 is 11.8 Å². The van der Waals surface area contributed by atoms with Gasteiger partial charge in [-0.25, -0.2) is 0 Å². The highest BCUT2D eigenvalue weighted by Gasteiger charge is 2.29. The largest absolute Gasteiger partial charge is 0.396 e. The second-order valence-electron chi connectivity index (χ2n) is 6.52. The lowest BCUT2D eigenvalue weighted by Crippen LogP contribution is -2.39. The average molecular weight is 352 g/mol. The van der Waals surface area contributed by atoms with E-state index in [2.05, 4.69) is 28.1 Å². The van der Waals surface area contributed by atoms with Crippen LogP contribution in [0.15, 0.2) is 52.4 Å². The average Bonchev–Trinajstić information content (AvgIpc) is 3.03. The molecule has 1 fully saturated rings. The number of amidine groups is 1. The summed E-state index contributed by atoms with van der Waals surface area (Å²) in [6.07, 6.45) is 4.01. The Kier molecular flexibility index (Phi) is 4.59. The monoisotopic (exact) mass is 352 g/mol. The smallest absolute Gasteiger partial charge is 0.286 e. The van der Waals surface area contributed by atoms with Gasteiger partial charge in [-0.2, -0.15) is 4.99 Å². The maximum Gasteiger partial charge on any atom is 0.286 e. The lowest BCUT2D eigenvalue weighted by Gasteiger charge is -2.32. The van der Waals surface area contributed by atoms with E-state index in [1.807, 2.05) is 30.3 Å². The minimum absolute atomic E-state index is 0.168. The molecule has 1 amide bonds. The van der Waals surface area contributed by atoms with E-state index in [1.54, 1.807) is 0 Å². The van der Waals surface area contributed by atoms with Crippen molar-refractivity contribution in [1.82, 2.24) is 4.90 Å². The Labute approximate surface area is 151 Å². The molecule has 1 saturated heterocycles. The van der Waals surface area contributed by atoms with Gasteiger partial charge in [-0.1, -0.05) is 42.5 Å². The molecule has 0 radical (unpaired) electrons. The van der Waals surface area contributed by atoms with Crippen LogP contribution in [0, 0.1) is 5.92 Å². The molecule has 0 saturated carbocycles. The number of aliphatic hydroxyl groups excluding tert-OH is 1. The van der Waals surface area contributed by atoms with Gasteiger partial charge in [-0.3, -0.25) is 4.79 Å². The second-order valence-corrected chi connectivity index (χ2v) is 7.52. The van der Waals surface area contributed by atoms with Gasteiger partial charge in [0.1, 0.15) is 0 Å². The number of amides is 1. The molecule has 0 bridgehead atoms. The van der Waals surface area contributed by atoms with Crippen LogP contribution < -0.4 is 0 Å². The van der Waals surface area contributed by atoms with E-state index in [-0.39, 0.29) is 18.4 Å². The summed E-state index contributed by atoms with van der Waals surface area (Å²) in [5.74, 6) is 0.109. The molecule has 2 aliphatic heterocycles. The quantitative estimate of drug-likeness (QED) is 0.841. The SMILES string of the molecule is O=C1N=C(N2CCC[C@H](CO)C2)S/C1=C/c1cccc2ccccc12. The molecule has 2 aliphatic rings. The lowest BCUT2D eigenvalue weighted by atomic mass is 10.00. The maximum absolute atomic E-state index is 12.4. The number of carbonyl (C=O) groups excluding carboxylic acids is 1. The van der Waals surface area contributed by atoms with E-state index in [4.69, 9.17) is 0 Å². The van der Waals surface area contributed by atoms with Gasteiger partial charge in [-0.15, -0.1) is 0 Å².